The van der Waals surface area contributed by atoms with Crippen LogP contribution in [0, 0.1) is 5.92 Å². The van der Waals surface area contributed by atoms with Crippen LogP contribution in [0.15, 0.2) is 70.5 Å². The summed E-state index contributed by atoms with van der Waals surface area (Å²) in [6, 6.07) is 16.2. The van der Waals surface area contributed by atoms with Crippen LogP contribution >= 0.6 is 11.9 Å². The van der Waals surface area contributed by atoms with Crippen molar-refractivity contribution >= 4 is 23.1 Å². The van der Waals surface area contributed by atoms with Gasteiger partial charge in [-0.2, -0.15) is 4.40 Å². The number of nitrogens with zero attached hydrogens (tertiary/aromatic N) is 4. The van der Waals surface area contributed by atoms with Gasteiger partial charge in [0, 0.05) is 24.4 Å². The maximum Gasteiger partial charge on any atom is 0.189 e. The number of aromatic amines is 1. The molecule has 1 unspecified atom stereocenters. The number of nitrogens with one attached hydrogen (secondary N) is 1. The summed E-state index contributed by atoms with van der Waals surface area (Å²) in [6.07, 6.45) is 3.51. The molecule has 0 aliphatic heterocycles. The number of hydrogen-bond acceptors (Lipinski definition) is 6. The molecular weight excluding hydrogens is 422 g/mol. The molecule has 0 radical (unpaired) electrons. The molecule has 0 saturated carbocycles. The van der Waals surface area contributed by atoms with Crippen molar-refractivity contribution in [3.63, 3.8) is 0 Å². The lowest BCUT2D eigenvalue weighted by Gasteiger charge is -2.22. The lowest BCUT2D eigenvalue weighted by molar-refractivity contribution is 0.394. The first-order valence-corrected chi connectivity index (χ1v) is 11.2. The molecule has 4 aromatic rings. The van der Waals surface area contributed by atoms with Crippen molar-refractivity contribution in [2.45, 2.75) is 31.2 Å². The molecule has 0 fully saturated rings. The Labute approximate surface area is 191 Å². The van der Waals surface area contributed by atoms with Crippen LogP contribution in [0.1, 0.15) is 25.3 Å². The highest BCUT2D eigenvalue weighted by Crippen LogP contribution is 2.33. The highest BCUT2D eigenvalue weighted by Gasteiger charge is 2.18. The van der Waals surface area contributed by atoms with E-state index in [4.69, 9.17) is 9.47 Å². The Morgan fingerprint density at radius 1 is 1.06 bits per heavy atom. The van der Waals surface area contributed by atoms with Crippen LogP contribution in [0.2, 0.25) is 0 Å². The van der Waals surface area contributed by atoms with E-state index in [0.29, 0.717) is 17.3 Å². The fourth-order valence-corrected chi connectivity index (χ4v) is 4.41. The van der Waals surface area contributed by atoms with Gasteiger partial charge in [0.15, 0.2) is 11.1 Å². The third-order valence-electron chi connectivity index (χ3n) is 5.46. The van der Waals surface area contributed by atoms with Gasteiger partial charge in [-0.25, -0.2) is 9.97 Å². The topological polar surface area (TPSA) is 77.3 Å². The summed E-state index contributed by atoms with van der Waals surface area (Å²) in [5, 5.41) is 0. The Hall–Kier alpha value is -3.26. The van der Waals surface area contributed by atoms with Crippen LogP contribution < -0.4 is 15.0 Å². The van der Waals surface area contributed by atoms with Gasteiger partial charge < -0.3 is 19.0 Å². The van der Waals surface area contributed by atoms with Crippen LogP contribution in [-0.2, 0) is 6.54 Å². The van der Waals surface area contributed by atoms with Gasteiger partial charge in [0.2, 0.25) is 0 Å². The summed E-state index contributed by atoms with van der Waals surface area (Å²) in [4.78, 5) is 13.2. The summed E-state index contributed by atoms with van der Waals surface area (Å²) >= 11 is 1.29. The van der Waals surface area contributed by atoms with Gasteiger partial charge >= 0.3 is 0 Å². The zero-order valence-corrected chi connectivity index (χ0v) is 19.5. The van der Waals surface area contributed by atoms with Crippen molar-refractivity contribution in [2.24, 2.45) is 10.3 Å². The largest absolute Gasteiger partial charge is 0.497 e. The Morgan fingerprint density at radius 2 is 1.88 bits per heavy atom. The van der Waals surface area contributed by atoms with E-state index in [1.807, 2.05) is 30.6 Å². The maximum absolute atomic E-state index is 5.45. The standard InChI is InChI=1S/C24H27N5O2S/c1-16(2)19(17-8-6-5-7-9-17)13-29-15-27-23(22-24(29)26-14-25-22)28-32-21-12-18(30-3)10-11-20(21)31-4/h5-12,14-16,19H,13H2,1-4H3,(H,25,26). The zero-order chi connectivity index (χ0) is 22.5. The Bertz CT molecular complexity index is 1250. The summed E-state index contributed by atoms with van der Waals surface area (Å²) in [7, 11) is 3.28. The van der Waals surface area contributed by atoms with E-state index in [0.717, 1.165) is 34.1 Å². The van der Waals surface area contributed by atoms with Gasteiger partial charge in [0.1, 0.15) is 17.0 Å². The molecule has 7 nitrogen and oxygen atoms in total. The maximum atomic E-state index is 5.45. The number of hydrogen-bond donors (Lipinski definition) is 1. The molecule has 8 heteroatoms. The normalized spacial score (nSPS) is 13.0. The number of ether oxygens (including phenoxy) is 2. The highest BCUT2D eigenvalue weighted by molar-refractivity contribution is 7.98. The first-order valence-electron chi connectivity index (χ1n) is 10.5. The van der Waals surface area contributed by atoms with E-state index in [2.05, 4.69) is 62.0 Å². The SMILES string of the molecule is COc1ccc(OC)c(SN=c2ncn(CC(c3ccccc3)C(C)C)c3nc[nH]c23)c1. The smallest absolute Gasteiger partial charge is 0.189 e. The first-order chi connectivity index (χ1) is 15.6. The van der Waals surface area contributed by atoms with Crippen molar-refractivity contribution in [1.82, 2.24) is 19.5 Å². The molecule has 166 valence electrons. The molecule has 32 heavy (non-hydrogen) atoms. The van der Waals surface area contributed by atoms with Crippen molar-refractivity contribution < 1.29 is 9.47 Å². The average Bonchev–Trinajstić information content (AvgIpc) is 3.32. The molecule has 2 aromatic carbocycles. The van der Waals surface area contributed by atoms with E-state index < -0.39 is 0 Å². The van der Waals surface area contributed by atoms with E-state index in [1.165, 1.54) is 17.5 Å². The van der Waals surface area contributed by atoms with Gasteiger partial charge in [-0.3, -0.25) is 0 Å². The summed E-state index contributed by atoms with van der Waals surface area (Å²) < 4.78 is 17.5. The van der Waals surface area contributed by atoms with Gasteiger partial charge in [0.05, 0.1) is 31.8 Å². The average molecular weight is 450 g/mol. The van der Waals surface area contributed by atoms with Crippen molar-refractivity contribution in [2.75, 3.05) is 14.2 Å². The molecule has 1 atom stereocenters. The van der Waals surface area contributed by atoms with Crippen LogP contribution in [0.4, 0.5) is 0 Å². The summed E-state index contributed by atoms with van der Waals surface area (Å²) in [5.41, 5.74) is 3.54. The third kappa shape index (κ3) is 4.65. The predicted molar refractivity (Wildman–Crippen MR) is 127 cm³/mol. The van der Waals surface area contributed by atoms with Gasteiger partial charge in [-0.1, -0.05) is 44.2 Å². The minimum atomic E-state index is 0.348. The number of methoxy groups -OCH3 is 2. The van der Waals surface area contributed by atoms with E-state index >= 15 is 0 Å². The molecule has 0 bridgehead atoms. The van der Waals surface area contributed by atoms with Crippen LogP contribution in [0.3, 0.4) is 0 Å². The molecule has 1 N–H and O–H groups in total. The van der Waals surface area contributed by atoms with Crippen molar-refractivity contribution in [3.8, 4) is 11.5 Å². The minimum Gasteiger partial charge on any atom is -0.497 e. The minimum absolute atomic E-state index is 0.348. The molecule has 2 heterocycles. The Kier molecular flexibility index (Phi) is 6.80. The molecular formula is C24H27N5O2S. The summed E-state index contributed by atoms with van der Waals surface area (Å²) in [6.45, 7) is 5.28. The quantitative estimate of drug-likeness (QED) is 0.390. The number of benzene rings is 2. The van der Waals surface area contributed by atoms with E-state index in [9.17, 15) is 0 Å². The van der Waals surface area contributed by atoms with Gasteiger partial charge in [-0.15, -0.1) is 0 Å². The monoisotopic (exact) mass is 449 g/mol. The van der Waals surface area contributed by atoms with Crippen LogP contribution in [0.25, 0.3) is 11.2 Å². The Balaban J connectivity index is 1.67. The number of imidazole rings is 1. The fourth-order valence-electron chi connectivity index (χ4n) is 3.68. The molecule has 2 aromatic heterocycles. The fraction of sp³-hybridized carbons (Fsp3) is 0.292. The van der Waals surface area contributed by atoms with Crippen LogP contribution in [-0.4, -0.2) is 33.7 Å². The zero-order valence-electron chi connectivity index (χ0n) is 18.6. The number of aromatic nitrogens is 4. The second kappa shape index (κ2) is 9.91. The lowest BCUT2D eigenvalue weighted by Crippen LogP contribution is -2.19. The second-order valence-electron chi connectivity index (χ2n) is 7.78. The molecule has 0 aliphatic rings. The summed E-state index contributed by atoms with van der Waals surface area (Å²) in [5.74, 6) is 2.30. The molecule has 0 amide bonds. The van der Waals surface area contributed by atoms with Gasteiger partial charge in [-0.05, 0) is 29.7 Å². The van der Waals surface area contributed by atoms with Gasteiger partial charge in [0.25, 0.3) is 0 Å². The number of rotatable bonds is 8. The van der Waals surface area contributed by atoms with E-state index in [1.54, 1.807) is 20.5 Å². The number of fused-ring (bicyclic) bond motifs is 1. The molecule has 0 saturated heterocycles. The lowest BCUT2D eigenvalue weighted by atomic mass is 9.88. The molecule has 4 rings (SSSR count). The second-order valence-corrected chi connectivity index (χ2v) is 8.59. The van der Waals surface area contributed by atoms with Crippen LogP contribution in [0.5, 0.6) is 11.5 Å². The number of H-pyrrole nitrogens is 1. The third-order valence-corrected chi connectivity index (χ3v) is 6.24. The highest BCUT2D eigenvalue weighted by atomic mass is 32.2. The van der Waals surface area contributed by atoms with E-state index in [-0.39, 0.29) is 0 Å². The Morgan fingerprint density at radius 3 is 2.59 bits per heavy atom. The first kappa shape index (κ1) is 22.0. The molecule has 0 aliphatic carbocycles. The van der Waals surface area contributed by atoms with Crippen molar-refractivity contribution in [3.05, 3.63) is 72.2 Å². The predicted octanol–water partition coefficient (Wildman–Crippen LogP) is 4.82. The van der Waals surface area contributed by atoms with Crippen molar-refractivity contribution in [1.29, 1.82) is 0 Å². The molecule has 0 spiro atoms.